The molecule has 4 nitrogen and oxygen atoms in total. The number of nitrogens with zero attached hydrogens (tertiary/aromatic N) is 2. The number of benzene rings is 2. The maximum Gasteiger partial charge on any atom is 0.191 e. The molecule has 0 spiro atoms. The summed E-state index contributed by atoms with van der Waals surface area (Å²) in [5, 5.41) is 15.6. The first-order valence-electron chi connectivity index (χ1n) is 8.93. The zero-order valence-corrected chi connectivity index (χ0v) is 17.7. The molecule has 0 heterocycles. The first-order valence-corrected chi connectivity index (χ1v) is 8.93. The lowest BCUT2D eigenvalue weighted by Gasteiger charge is -2.19. The molecular formula is C21H24FIN4. The molecule has 1 aliphatic rings. The van der Waals surface area contributed by atoms with Gasteiger partial charge in [0.15, 0.2) is 5.96 Å². The van der Waals surface area contributed by atoms with E-state index >= 15 is 0 Å². The van der Waals surface area contributed by atoms with Crippen LogP contribution >= 0.6 is 24.0 Å². The highest BCUT2D eigenvalue weighted by molar-refractivity contribution is 14.0. The number of rotatable bonds is 6. The lowest BCUT2D eigenvalue weighted by molar-refractivity contribution is 0.559. The van der Waals surface area contributed by atoms with E-state index in [9.17, 15) is 4.39 Å². The summed E-state index contributed by atoms with van der Waals surface area (Å²) in [6.45, 7) is 3.89. The summed E-state index contributed by atoms with van der Waals surface area (Å²) in [6, 6.07) is 16.6. The van der Waals surface area contributed by atoms with Gasteiger partial charge in [0, 0.05) is 18.5 Å². The first-order chi connectivity index (χ1) is 12.7. The van der Waals surface area contributed by atoms with Gasteiger partial charge in [-0.05, 0) is 49.1 Å². The minimum absolute atomic E-state index is 0. The number of halogens is 2. The Morgan fingerprint density at radius 1 is 1.19 bits per heavy atom. The lowest BCUT2D eigenvalue weighted by atomic mass is 9.95. The standard InChI is InChI=1S/C21H23FN4.HI/c1-2-24-20(25-14-17-7-5-6-16(12-17)13-23)26-15-21(10-11-21)18-8-3-4-9-19(18)22;/h3-9,12H,2,10-11,14-15H2,1H3,(H2,24,25,26);1H. The molecule has 0 amide bonds. The van der Waals surface area contributed by atoms with Gasteiger partial charge in [0.2, 0.25) is 0 Å². The van der Waals surface area contributed by atoms with Crippen molar-refractivity contribution in [3.05, 3.63) is 71.0 Å². The number of nitriles is 1. The Balaban J connectivity index is 0.00000261. The minimum Gasteiger partial charge on any atom is -0.357 e. The molecule has 1 aliphatic carbocycles. The van der Waals surface area contributed by atoms with Gasteiger partial charge in [0.1, 0.15) is 5.82 Å². The van der Waals surface area contributed by atoms with E-state index in [4.69, 9.17) is 5.26 Å². The van der Waals surface area contributed by atoms with Crippen LogP contribution < -0.4 is 10.6 Å². The highest BCUT2D eigenvalue weighted by Gasteiger charge is 2.45. The van der Waals surface area contributed by atoms with Crippen LogP contribution in [0.1, 0.15) is 36.5 Å². The second-order valence-electron chi connectivity index (χ2n) is 6.62. The van der Waals surface area contributed by atoms with Crippen molar-refractivity contribution < 1.29 is 4.39 Å². The maximum absolute atomic E-state index is 14.1. The van der Waals surface area contributed by atoms with Crippen molar-refractivity contribution >= 4 is 29.9 Å². The normalized spacial score (nSPS) is 14.6. The van der Waals surface area contributed by atoms with Crippen molar-refractivity contribution in [1.82, 2.24) is 10.6 Å². The van der Waals surface area contributed by atoms with Gasteiger partial charge in [-0.2, -0.15) is 5.26 Å². The van der Waals surface area contributed by atoms with Crippen molar-refractivity contribution in [2.75, 3.05) is 13.1 Å². The third kappa shape index (κ3) is 5.42. The molecule has 2 aromatic rings. The van der Waals surface area contributed by atoms with Crippen LogP contribution in [-0.2, 0) is 12.0 Å². The van der Waals surface area contributed by atoms with Crippen LogP contribution in [-0.4, -0.2) is 19.0 Å². The first kappa shape index (κ1) is 21.2. The third-order valence-corrected chi connectivity index (χ3v) is 4.71. The molecule has 0 aliphatic heterocycles. The summed E-state index contributed by atoms with van der Waals surface area (Å²) in [7, 11) is 0. The van der Waals surface area contributed by atoms with E-state index in [2.05, 4.69) is 21.7 Å². The van der Waals surface area contributed by atoms with Gasteiger partial charge in [-0.1, -0.05) is 30.3 Å². The fraction of sp³-hybridized carbons (Fsp3) is 0.333. The molecule has 6 heteroatoms. The summed E-state index contributed by atoms with van der Waals surface area (Å²) in [6.07, 6.45) is 1.95. The fourth-order valence-electron chi connectivity index (χ4n) is 3.09. The topological polar surface area (TPSA) is 60.2 Å². The molecule has 0 unspecified atom stereocenters. The van der Waals surface area contributed by atoms with Crippen molar-refractivity contribution in [3.8, 4) is 6.07 Å². The molecule has 0 atom stereocenters. The van der Waals surface area contributed by atoms with Crippen LogP contribution in [0, 0.1) is 17.1 Å². The van der Waals surface area contributed by atoms with Gasteiger partial charge in [-0.3, -0.25) is 0 Å². The van der Waals surface area contributed by atoms with E-state index in [1.165, 1.54) is 6.07 Å². The maximum atomic E-state index is 14.1. The van der Waals surface area contributed by atoms with E-state index in [1.54, 1.807) is 12.1 Å². The second kappa shape index (κ2) is 9.70. The van der Waals surface area contributed by atoms with Gasteiger partial charge < -0.3 is 10.6 Å². The number of hydrogen-bond acceptors (Lipinski definition) is 2. The van der Waals surface area contributed by atoms with E-state index in [1.807, 2.05) is 37.3 Å². The van der Waals surface area contributed by atoms with Crippen molar-refractivity contribution in [3.63, 3.8) is 0 Å². The summed E-state index contributed by atoms with van der Waals surface area (Å²) in [5.74, 6) is 0.569. The number of aliphatic imine (C=N–C) groups is 1. The highest BCUT2D eigenvalue weighted by Crippen LogP contribution is 2.48. The second-order valence-corrected chi connectivity index (χ2v) is 6.62. The average Bonchev–Trinajstić information content (AvgIpc) is 3.45. The van der Waals surface area contributed by atoms with Crippen LogP contribution in [0.4, 0.5) is 4.39 Å². The van der Waals surface area contributed by atoms with Gasteiger partial charge in [0.05, 0.1) is 18.2 Å². The molecule has 0 saturated heterocycles. The molecule has 3 rings (SSSR count). The molecule has 0 aromatic heterocycles. The molecule has 0 radical (unpaired) electrons. The molecule has 1 saturated carbocycles. The average molecular weight is 478 g/mol. The Morgan fingerprint density at radius 2 is 1.96 bits per heavy atom. The van der Waals surface area contributed by atoms with Crippen molar-refractivity contribution in [2.45, 2.75) is 31.7 Å². The van der Waals surface area contributed by atoms with E-state index < -0.39 is 0 Å². The van der Waals surface area contributed by atoms with E-state index in [0.717, 1.165) is 30.5 Å². The fourth-order valence-corrected chi connectivity index (χ4v) is 3.09. The van der Waals surface area contributed by atoms with Crippen LogP contribution in [0.5, 0.6) is 0 Å². The minimum atomic E-state index is -0.137. The Morgan fingerprint density at radius 3 is 2.63 bits per heavy atom. The number of guanidine groups is 1. The predicted octanol–water partition coefficient (Wildman–Crippen LogP) is 4.10. The lowest BCUT2D eigenvalue weighted by Crippen LogP contribution is -2.41. The molecule has 1 fully saturated rings. The molecular weight excluding hydrogens is 454 g/mol. The molecule has 142 valence electrons. The Labute approximate surface area is 176 Å². The number of hydrogen-bond donors (Lipinski definition) is 2. The van der Waals surface area contributed by atoms with Gasteiger partial charge >= 0.3 is 0 Å². The molecule has 2 N–H and O–H groups in total. The zero-order chi connectivity index (χ0) is 18.4. The predicted molar refractivity (Wildman–Crippen MR) is 117 cm³/mol. The Hall–Kier alpha value is -2.14. The molecule has 0 bridgehead atoms. The summed E-state index contributed by atoms with van der Waals surface area (Å²) in [4.78, 5) is 4.60. The van der Waals surface area contributed by atoms with Crippen molar-refractivity contribution in [2.24, 2.45) is 4.99 Å². The quantitative estimate of drug-likeness (QED) is 0.374. The summed E-state index contributed by atoms with van der Waals surface area (Å²) >= 11 is 0. The Kier molecular flexibility index (Phi) is 7.60. The van der Waals surface area contributed by atoms with Crippen LogP contribution in [0.2, 0.25) is 0 Å². The molecule has 2 aromatic carbocycles. The van der Waals surface area contributed by atoms with E-state index in [-0.39, 0.29) is 35.2 Å². The SMILES string of the molecule is CCNC(=NCc1cccc(C#N)c1)NCC1(c2ccccc2F)CC1.I. The summed E-state index contributed by atoms with van der Waals surface area (Å²) in [5.41, 5.74) is 2.26. The monoisotopic (exact) mass is 478 g/mol. The third-order valence-electron chi connectivity index (χ3n) is 4.71. The van der Waals surface area contributed by atoms with Gasteiger partial charge in [-0.15, -0.1) is 24.0 Å². The number of nitrogens with one attached hydrogen (secondary N) is 2. The van der Waals surface area contributed by atoms with Gasteiger partial charge in [-0.25, -0.2) is 9.38 Å². The van der Waals surface area contributed by atoms with Gasteiger partial charge in [0.25, 0.3) is 0 Å². The smallest absolute Gasteiger partial charge is 0.191 e. The highest BCUT2D eigenvalue weighted by atomic mass is 127. The largest absolute Gasteiger partial charge is 0.357 e. The van der Waals surface area contributed by atoms with Crippen molar-refractivity contribution in [1.29, 1.82) is 5.26 Å². The molecule has 27 heavy (non-hydrogen) atoms. The van der Waals surface area contributed by atoms with Crippen LogP contribution in [0.15, 0.2) is 53.5 Å². The summed E-state index contributed by atoms with van der Waals surface area (Å²) < 4.78 is 14.1. The zero-order valence-electron chi connectivity index (χ0n) is 15.3. The van der Waals surface area contributed by atoms with Crippen LogP contribution in [0.25, 0.3) is 0 Å². The van der Waals surface area contributed by atoms with Crippen LogP contribution in [0.3, 0.4) is 0 Å². The van der Waals surface area contributed by atoms with E-state index in [0.29, 0.717) is 24.6 Å². The Bertz CT molecular complexity index is 840.